The minimum Gasteiger partial charge on any atom is -0.369 e. The third kappa shape index (κ3) is 4.01. The predicted octanol–water partition coefficient (Wildman–Crippen LogP) is -0.656. The smallest absolute Gasteiger partial charge is 0.321 e. The molecule has 10 heteroatoms. The third-order valence-corrected chi connectivity index (χ3v) is 3.90. The first-order valence-corrected chi connectivity index (χ1v) is 7.37. The lowest BCUT2D eigenvalue weighted by molar-refractivity contribution is -0.129. The highest BCUT2D eigenvalue weighted by molar-refractivity contribution is 7.13. The van der Waals surface area contributed by atoms with Crippen molar-refractivity contribution in [3.05, 3.63) is 11.1 Å². The second-order valence-corrected chi connectivity index (χ2v) is 5.76. The fraction of sp³-hybridized carbons (Fsp3) is 0.417. The van der Waals surface area contributed by atoms with Crippen LogP contribution in [-0.4, -0.2) is 34.8 Å². The van der Waals surface area contributed by atoms with Gasteiger partial charge in [0.15, 0.2) is 5.13 Å². The fourth-order valence-electron chi connectivity index (χ4n) is 2.04. The molecule has 0 spiro atoms. The van der Waals surface area contributed by atoms with Crippen LogP contribution >= 0.6 is 11.3 Å². The van der Waals surface area contributed by atoms with Crippen molar-refractivity contribution in [3.63, 3.8) is 0 Å². The number of imide groups is 1. The Hall–Kier alpha value is -2.49. The van der Waals surface area contributed by atoms with Crippen molar-refractivity contribution >= 4 is 40.2 Å². The average molecular weight is 325 g/mol. The van der Waals surface area contributed by atoms with E-state index in [0.717, 1.165) is 11.3 Å². The third-order valence-electron chi connectivity index (χ3n) is 3.09. The quantitative estimate of drug-likeness (QED) is 0.568. The van der Waals surface area contributed by atoms with Crippen molar-refractivity contribution in [2.45, 2.75) is 25.8 Å². The van der Waals surface area contributed by atoms with E-state index in [2.05, 4.69) is 20.9 Å². The van der Waals surface area contributed by atoms with E-state index >= 15 is 0 Å². The molecule has 0 bridgehead atoms. The largest absolute Gasteiger partial charge is 0.369 e. The maximum atomic E-state index is 12.0. The number of hydrogen-bond donors (Lipinski definition) is 4. The van der Waals surface area contributed by atoms with Gasteiger partial charge in [-0.25, -0.2) is 9.78 Å². The Labute approximate surface area is 129 Å². The molecule has 2 unspecified atom stereocenters. The van der Waals surface area contributed by atoms with E-state index in [1.54, 1.807) is 12.3 Å². The molecule has 1 aromatic heterocycles. The molecule has 5 N–H and O–H groups in total. The number of nitrogens with zero attached hydrogens (tertiary/aromatic N) is 1. The predicted molar refractivity (Wildman–Crippen MR) is 77.9 cm³/mol. The number of carbonyl (C=O) groups excluding carboxylic acids is 4. The SMILES string of the molecule is CC1NC(=O)NC(=O)C1CC(=O)Nc1nc(CC(N)=O)cs1. The molecule has 1 aliphatic rings. The minimum atomic E-state index is -0.650. The van der Waals surface area contributed by atoms with Gasteiger partial charge in [-0.1, -0.05) is 0 Å². The van der Waals surface area contributed by atoms with Crippen LogP contribution in [0.2, 0.25) is 0 Å². The molecule has 2 atom stereocenters. The summed E-state index contributed by atoms with van der Waals surface area (Å²) in [6.07, 6.45) is -0.0848. The van der Waals surface area contributed by atoms with E-state index in [-0.39, 0.29) is 12.8 Å². The van der Waals surface area contributed by atoms with Crippen molar-refractivity contribution in [2.24, 2.45) is 11.7 Å². The van der Waals surface area contributed by atoms with Gasteiger partial charge in [-0.15, -0.1) is 11.3 Å². The molecule has 22 heavy (non-hydrogen) atoms. The summed E-state index contributed by atoms with van der Waals surface area (Å²) in [5.74, 6) is -2.04. The number of rotatable bonds is 5. The highest BCUT2D eigenvalue weighted by Gasteiger charge is 2.34. The highest BCUT2D eigenvalue weighted by atomic mass is 32.1. The van der Waals surface area contributed by atoms with Gasteiger partial charge in [0.2, 0.25) is 17.7 Å². The zero-order chi connectivity index (χ0) is 16.3. The van der Waals surface area contributed by atoms with E-state index in [1.807, 2.05) is 0 Å². The van der Waals surface area contributed by atoms with Gasteiger partial charge in [-0.2, -0.15) is 0 Å². The van der Waals surface area contributed by atoms with Gasteiger partial charge in [0, 0.05) is 17.8 Å². The summed E-state index contributed by atoms with van der Waals surface area (Å²) in [6, 6.07) is -1.00. The van der Waals surface area contributed by atoms with Crippen LogP contribution in [0, 0.1) is 5.92 Å². The van der Waals surface area contributed by atoms with Crippen LogP contribution in [0.1, 0.15) is 19.0 Å². The molecular formula is C12H15N5O4S. The van der Waals surface area contributed by atoms with Gasteiger partial charge in [0.05, 0.1) is 18.0 Å². The first kappa shape index (κ1) is 15.9. The molecule has 0 aromatic carbocycles. The maximum absolute atomic E-state index is 12.0. The fourth-order valence-corrected chi connectivity index (χ4v) is 2.77. The van der Waals surface area contributed by atoms with Gasteiger partial charge in [0.1, 0.15) is 0 Å². The summed E-state index contributed by atoms with van der Waals surface area (Å²) in [5.41, 5.74) is 5.54. The molecule has 2 heterocycles. The lowest BCUT2D eigenvalue weighted by Crippen LogP contribution is -2.57. The van der Waals surface area contributed by atoms with Crippen LogP contribution in [0.4, 0.5) is 9.93 Å². The normalized spacial score (nSPS) is 21.0. The lowest BCUT2D eigenvalue weighted by atomic mass is 9.94. The first-order valence-electron chi connectivity index (χ1n) is 6.49. The number of nitrogens with two attached hydrogens (primary N) is 1. The number of nitrogens with one attached hydrogen (secondary N) is 3. The Morgan fingerprint density at radius 1 is 1.45 bits per heavy atom. The maximum Gasteiger partial charge on any atom is 0.321 e. The summed E-state index contributed by atoms with van der Waals surface area (Å²) in [5, 5.41) is 9.17. The molecule has 0 saturated carbocycles. The topological polar surface area (TPSA) is 143 Å². The molecule has 118 valence electrons. The summed E-state index contributed by atoms with van der Waals surface area (Å²) in [4.78, 5) is 49.6. The van der Waals surface area contributed by atoms with Gasteiger partial charge >= 0.3 is 6.03 Å². The van der Waals surface area contributed by atoms with Crippen LogP contribution in [-0.2, 0) is 20.8 Å². The molecule has 2 rings (SSSR count). The molecule has 1 aliphatic heterocycles. The van der Waals surface area contributed by atoms with Crippen molar-refractivity contribution in [2.75, 3.05) is 5.32 Å². The van der Waals surface area contributed by atoms with Gasteiger partial charge < -0.3 is 16.4 Å². The summed E-state index contributed by atoms with van der Waals surface area (Å²) in [7, 11) is 0. The Morgan fingerprint density at radius 3 is 2.82 bits per heavy atom. The molecular weight excluding hydrogens is 310 g/mol. The van der Waals surface area contributed by atoms with E-state index in [0.29, 0.717) is 10.8 Å². The van der Waals surface area contributed by atoms with E-state index in [4.69, 9.17) is 5.73 Å². The molecule has 0 aliphatic carbocycles. The number of carbonyl (C=O) groups is 4. The van der Waals surface area contributed by atoms with Crippen molar-refractivity contribution < 1.29 is 19.2 Å². The lowest BCUT2D eigenvalue weighted by Gasteiger charge is -2.28. The summed E-state index contributed by atoms with van der Waals surface area (Å²) in [6.45, 7) is 1.66. The monoisotopic (exact) mass is 325 g/mol. The number of hydrogen-bond acceptors (Lipinski definition) is 6. The van der Waals surface area contributed by atoms with Crippen LogP contribution in [0.25, 0.3) is 0 Å². The van der Waals surface area contributed by atoms with Crippen LogP contribution in [0.3, 0.4) is 0 Å². The zero-order valence-electron chi connectivity index (χ0n) is 11.7. The van der Waals surface area contributed by atoms with Crippen molar-refractivity contribution in [3.8, 4) is 0 Å². The molecule has 5 amide bonds. The van der Waals surface area contributed by atoms with Crippen molar-refractivity contribution in [1.29, 1.82) is 0 Å². The van der Waals surface area contributed by atoms with E-state index in [9.17, 15) is 19.2 Å². The number of anilines is 1. The number of thiazole rings is 1. The Bertz CT molecular complexity index is 629. The molecule has 0 radical (unpaired) electrons. The molecule has 1 aromatic rings. The van der Waals surface area contributed by atoms with Crippen LogP contribution in [0.5, 0.6) is 0 Å². The zero-order valence-corrected chi connectivity index (χ0v) is 12.5. The number of urea groups is 1. The Morgan fingerprint density at radius 2 is 2.18 bits per heavy atom. The summed E-state index contributed by atoms with van der Waals surface area (Å²) < 4.78 is 0. The number of aromatic nitrogens is 1. The first-order chi connectivity index (χ1) is 10.3. The minimum absolute atomic E-state index is 0.000463. The molecule has 1 saturated heterocycles. The summed E-state index contributed by atoms with van der Waals surface area (Å²) >= 11 is 1.16. The highest BCUT2D eigenvalue weighted by Crippen LogP contribution is 2.18. The van der Waals surface area contributed by atoms with Gasteiger partial charge in [-0.05, 0) is 6.92 Å². The van der Waals surface area contributed by atoms with E-state index in [1.165, 1.54) is 0 Å². The Kier molecular flexibility index (Phi) is 4.71. The van der Waals surface area contributed by atoms with E-state index < -0.39 is 35.7 Å². The second-order valence-electron chi connectivity index (χ2n) is 4.90. The van der Waals surface area contributed by atoms with Crippen molar-refractivity contribution in [1.82, 2.24) is 15.6 Å². The van der Waals surface area contributed by atoms with Crippen LogP contribution < -0.4 is 21.7 Å². The molecule has 9 nitrogen and oxygen atoms in total. The van der Waals surface area contributed by atoms with Gasteiger partial charge in [0.25, 0.3) is 0 Å². The number of amides is 5. The second kappa shape index (κ2) is 6.52. The van der Waals surface area contributed by atoms with Crippen LogP contribution in [0.15, 0.2) is 5.38 Å². The molecule has 1 fully saturated rings. The van der Waals surface area contributed by atoms with Gasteiger partial charge in [-0.3, -0.25) is 19.7 Å². The standard InChI is InChI=1S/C12H15N5O4S/c1-5-7(10(20)17-11(21)14-5)3-9(19)16-12-15-6(4-22-12)2-8(13)18/h4-5,7H,2-3H2,1H3,(H2,13,18)(H,15,16,19)(H2,14,17,20,21). The number of primary amides is 1. The Balaban J connectivity index is 1.92. The average Bonchev–Trinajstić information content (AvgIpc) is 2.80.